The van der Waals surface area contributed by atoms with Crippen LogP contribution < -0.4 is 16.0 Å². The van der Waals surface area contributed by atoms with Crippen molar-refractivity contribution in [1.29, 1.82) is 0 Å². The molecule has 2 bridgehead atoms. The average Bonchev–Trinajstić information content (AvgIpc) is 3.34. The highest BCUT2D eigenvalue weighted by molar-refractivity contribution is 6.37. The van der Waals surface area contributed by atoms with Crippen molar-refractivity contribution in [2.45, 2.75) is 24.7 Å². The number of benzene rings is 1. The molecule has 3 aromatic rings. The molecule has 2 atom stereocenters. The minimum atomic E-state index is -5.08. The summed E-state index contributed by atoms with van der Waals surface area (Å²) in [7, 11) is 0. The van der Waals surface area contributed by atoms with E-state index in [0.717, 1.165) is 30.7 Å². The van der Waals surface area contributed by atoms with Gasteiger partial charge < -0.3 is 25.5 Å². The van der Waals surface area contributed by atoms with Crippen molar-refractivity contribution in [1.82, 2.24) is 15.3 Å². The fraction of sp³-hybridized carbons (Fsp3) is 0.353. The lowest BCUT2D eigenvalue weighted by Gasteiger charge is -2.28. The number of piperazine rings is 1. The lowest BCUT2D eigenvalue weighted by atomic mass is 10.2. The van der Waals surface area contributed by atoms with Gasteiger partial charge in [-0.3, -0.25) is 0 Å². The van der Waals surface area contributed by atoms with E-state index in [0.29, 0.717) is 33.8 Å². The monoisotopic (exact) mass is 429 g/mol. The first kappa shape index (κ1) is 19.5. The van der Waals surface area contributed by atoms with Gasteiger partial charge in [0.25, 0.3) is 0 Å². The van der Waals surface area contributed by atoms with E-state index < -0.39 is 12.1 Å². The number of nitrogens with one attached hydrogen (secondary N) is 1. The molecule has 2 saturated heterocycles. The van der Waals surface area contributed by atoms with E-state index in [1.165, 1.54) is 0 Å². The van der Waals surface area contributed by atoms with Crippen molar-refractivity contribution in [3.8, 4) is 0 Å². The third-order valence-corrected chi connectivity index (χ3v) is 5.18. The van der Waals surface area contributed by atoms with Crippen molar-refractivity contribution in [3.05, 3.63) is 23.2 Å². The Hall–Kier alpha value is -2.79. The van der Waals surface area contributed by atoms with Crippen LogP contribution in [0.1, 0.15) is 6.42 Å². The molecule has 154 valence electrons. The zero-order valence-corrected chi connectivity index (χ0v) is 15.5. The van der Waals surface area contributed by atoms with Crippen molar-refractivity contribution >= 4 is 51.4 Å². The Bertz CT molecular complexity index is 1100. The van der Waals surface area contributed by atoms with Crippen molar-refractivity contribution < 1.29 is 27.5 Å². The van der Waals surface area contributed by atoms with Crippen molar-refractivity contribution in [3.63, 3.8) is 0 Å². The maximum atomic E-state index is 10.6. The largest absolute Gasteiger partial charge is 0.490 e. The number of hydrogen-bond donors (Lipinski definition) is 3. The summed E-state index contributed by atoms with van der Waals surface area (Å²) in [5, 5.41) is 12.0. The van der Waals surface area contributed by atoms with Gasteiger partial charge in [0, 0.05) is 25.2 Å². The van der Waals surface area contributed by atoms with E-state index in [1.807, 2.05) is 18.2 Å². The summed E-state index contributed by atoms with van der Waals surface area (Å²) in [5.41, 5.74) is 8.02. The second kappa shape index (κ2) is 6.92. The van der Waals surface area contributed by atoms with Crippen LogP contribution in [0.3, 0.4) is 0 Å². The lowest BCUT2D eigenvalue weighted by molar-refractivity contribution is -0.192. The van der Waals surface area contributed by atoms with Crippen LogP contribution in [0, 0.1) is 0 Å². The van der Waals surface area contributed by atoms with E-state index in [9.17, 15) is 13.2 Å². The molecule has 12 heteroatoms. The summed E-state index contributed by atoms with van der Waals surface area (Å²) in [6.07, 6.45) is -3.95. The van der Waals surface area contributed by atoms with Gasteiger partial charge in [0.15, 0.2) is 11.4 Å². The highest BCUT2D eigenvalue weighted by atomic mass is 35.5. The summed E-state index contributed by atoms with van der Waals surface area (Å²) < 4.78 is 37.7. The molecule has 2 aliphatic heterocycles. The number of nitrogen functional groups attached to an aromatic ring is 1. The van der Waals surface area contributed by atoms with Gasteiger partial charge in [-0.05, 0) is 18.6 Å². The van der Waals surface area contributed by atoms with Gasteiger partial charge in [-0.2, -0.15) is 18.2 Å². The Morgan fingerprint density at radius 1 is 1.38 bits per heavy atom. The standard InChI is InChI=1S/C15H14ClN5O.C2HF3O2/c16-9-2-1-3-10-11(9)12-13(22-10)14(20-15(17)19-12)21-6-7-4-8(21)5-18-7;3-2(4,5)1(6)7/h1-3,7-8,18H,4-6H2,(H2,17,19,20);(H,6,7)/t7-,8-;/m0./s1. The summed E-state index contributed by atoms with van der Waals surface area (Å²) in [4.78, 5) is 20.0. The molecule has 1 aromatic carbocycles. The minimum Gasteiger partial charge on any atom is -0.475 e. The van der Waals surface area contributed by atoms with E-state index in [4.69, 9.17) is 31.7 Å². The SMILES string of the molecule is Nc1nc(N2C[C@@H]3C[C@H]2CN3)c2oc3cccc(Cl)c3c2n1.O=C(O)C(F)(F)F. The molecule has 4 heterocycles. The lowest BCUT2D eigenvalue weighted by Crippen LogP contribution is -2.44. The summed E-state index contributed by atoms with van der Waals surface area (Å²) >= 11 is 6.32. The Kier molecular flexibility index (Phi) is 4.66. The Labute approximate surface area is 166 Å². The number of carbonyl (C=O) groups is 1. The van der Waals surface area contributed by atoms with Gasteiger partial charge in [0.2, 0.25) is 5.95 Å². The molecule has 0 amide bonds. The maximum absolute atomic E-state index is 10.6. The highest BCUT2D eigenvalue weighted by Gasteiger charge is 2.40. The number of fused-ring (bicyclic) bond motifs is 5. The van der Waals surface area contributed by atoms with Crippen LogP contribution in [0.2, 0.25) is 5.02 Å². The Morgan fingerprint density at radius 3 is 2.69 bits per heavy atom. The summed E-state index contributed by atoms with van der Waals surface area (Å²) in [5.74, 6) is -1.72. The predicted octanol–water partition coefficient (Wildman–Crippen LogP) is 2.80. The number of hydrogen-bond acceptors (Lipinski definition) is 7. The van der Waals surface area contributed by atoms with E-state index >= 15 is 0 Å². The highest BCUT2D eigenvalue weighted by Crippen LogP contribution is 2.39. The zero-order valence-electron chi connectivity index (χ0n) is 14.7. The predicted molar refractivity (Wildman–Crippen MR) is 100.0 cm³/mol. The average molecular weight is 430 g/mol. The van der Waals surface area contributed by atoms with Gasteiger partial charge in [0.05, 0.1) is 10.4 Å². The van der Waals surface area contributed by atoms with Gasteiger partial charge >= 0.3 is 12.1 Å². The molecular weight excluding hydrogens is 415 g/mol. The quantitative estimate of drug-likeness (QED) is 0.540. The summed E-state index contributed by atoms with van der Waals surface area (Å²) in [6.45, 7) is 1.89. The van der Waals surface area contributed by atoms with Crippen LogP contribution >= 0.6 is 11.6 Å². The first-order chi connectivity index (χ1) is 13.6. The molecule has 0 unspecified atom stereocenters. The van der Waals surface area contributed by atoms with Crippen molar-refractivity contribution in [2.24, 2.45) is 0 Å². The molecule has 4 N–H and O–H groups in total. The number of alkyl halides is 3. The first-order valence-corrected chi connectivity index (χ1v) is 8.97. The van der Waals surface area contributed by atoms with Crippen LogP contribution in [0.5, 0.6) is 0 Å². The second-order valence-electron chi connectivity index (χ2n) is 6.75. The molecule has 29 heavy (non-hydrogen) atoms. The smallest absolute Gasteiger partial charge is 0.475 e. The molecule has 2 fully saturated rings. The molecule has 5 rings (SSSR count). The van der Waals surface area contributed by atoms with Crippen LogP contribution in [-0.4, -0.2) is 52.4 Å². The number of carboxylic acids is 1. The third kappa shape index (κ3) is 3.51. The molecular formula is C17H15ClF3N5O3. The number of nitrogens with two attached hydrogens (primary N) is 1. The number of furan rings is 1. The number of carboxylic acid groups (broad SMARTS) is 1. The fourth-order valence-electron chi connectivity index (χ4n) is 3.66. The number of nitrogens with zero attached hydrogens (tertiary/aromatic N) is 3. The van der Waals surface area contributed by atoms with Gasteiger partial charge in [0.1, 0.15) is 11.1 Å². The Morgan fingerprint density at radius 2 is 2.10 bits per heavy atom. The Balaban J connectivity index is 0.000000255. The topological polar surface area (TPSA) is 118 Å². The molecule has 0 radical (unpaired) electrons. The number of rotatable bonds is 1. The van der Waals surface area contributed by atoms with Gasteiger partial charge in [-0.25, -0.2) is 9.78 Å². The molecule has 2 aliphatic rings. The number of aromatic nitrogens is 2. The van der Waals surface area contributed by atoms with Crippen LogP contribution in [-0.2, 0) is 4.79 Å². The van der Waals surface area contributed by atoms with E-state index in [2.05, 4.69) is 20.2 Å². The fourth-order valence-corrected chi connectivity index (χ4v) is 3.92. The van der Waals surface area contributed by atoms with Crippen LogP contribution in [0.4, 0.5) is 24.9 Å². The second-order valence-corrected chi connectivity index (χ2v) is 7.16. The summed E-state index contributed by atoms with van der Waals surface area (Å²) in [6, 6.07) is 6.54. The number of aliphatic carboxylic acids is 1. The van der Waals surface area contributed by atoms with Crippen molar-refractivity contribution in [2.75, 3.05) is 23.7 Å². The van der Waals surface area contributed by atoms with E-state index in [-0.39, 0.29) is 5.95 Å². The molecule has 8 nitrogen and oxygen atoms in total. The zero-order chi connectivity index (χ0) is 20.9. The third-order valence-electron chi connectivity index (χ3n) is 4.86. The van der Waals surface area contributed by atoms with Gasteiger partial charge in [-0.15, -0.1) is 0 Å². The normalized spacial score (nSPS) is 20.9. The van der Waals surface area contributed by atoms with Gasteiger partial charge in [-0.1, -0.05) is 17.7 Å². The van der Waals surface area contributed by atoms with Crippen LogP contribution in [0.15, 0.2) is 22.6 Å². The molecule has 0 aliphatic carbocycles. The molecule has 0 saturated carbocycles. The maximum Gasteiger partial charge on any atom is 0.490 e. The van der Waals surface area contributed by atoms with E-state index in [1.54, 1.807) is 0 Å². The molecule has 0 spiro atoms. The number of anilines is 2. The first-order valence-electron chi connectivity index (χ1n) is 8.59. The van der Waals surface area contributed by atoms with Crippen LogP contribution in [0.25, 0.3) is 22.1 Å². The minimum absolute atomic E-state index is 0.251. The number of halogens is 4. The molecule has 2 aromatic heterocycles.